The van der Waals surface area contributed by atoms with Gasteiger partial charge >= 0.3 is 6.18 Å². The van der Waals surface area contributed by atoms with Gasteiger partial charge in [-0.25, -0.2) is 0 Å². The molecule has 3 amide bonds. The van der Waals surface area contributed by atoms with E-state index in [1.54, 1.807) is 41.5 Å². The topological polar surface area (TPSA) is 62.6 Å². The number of imide groups is 1. The van der Waals surface area contributed by atoms with Gasteiger partial charge in [-0.15, -0.1) is 0 Å². The highest BCUT2D eigenvalue weighted by Gasteiger charge is 2.37. The number of carbonyl (C=O) groups excluding carboxylic acids is 3. The summed E-state index contributed by atoms with van der Waals surface area (Å²) in [5, 5.41) is -0.509. The number of hydrogen-bond donors (Lipinski definition) is 0. The number of amides is 3. The first-order chi connectivity index (χ1) is 15.6. The Morgan fingerprint density at radius 3 is 2.48 bits per heavy atom. The summed E-state index contributed by atoms with van der Waals surface area (Å²) in [6, 6.07) is 6.76. The van der Waals surface area contributed by atoms with Crippen molar-refractivity contribution in [3.8, 4) is 5.69 Å². The van der Waals surface area contributed by atoms with Crippen LogP contribution in [0.3, 0.4) is 0 Å². The molecular weight excluding hydrogens is 455 g/mol. The van der Waals surface area contributed by atoms with Crippen LogP contribution in [0.2, 0.25) is 0 Å². The summed E-state index contributed by atoms with van der Waals surface area (Å²) < 4.78 is 41.1. The molecule has 10 heteroatoms. The second-order valence-corrected chi connectivity index (χ2v) is 9.06. The maximum Gasteiger partial charge on any atom is 0.416 e. The Morgan fingerprint density at radius 2 is 1.82 bits per heavy atom. The molecule has 2 fully saturated rings. The van der Waals surface area contributed by atoms with E-state index in [0.717, 1.165) is 41.6 Å². The van der Waals surface area contributed by atoms with E-state index in [4.69, 9.17) is 0 Å². The van der Waals surface area contributed by atoms with Gasteiger partial charge in [0.05, 0.1) is 10.5 Å². The molecule has 0 saturated carbocycles. The van der Waals surface area contributed by atoms with Gasteiger partial charge < -0.3 is 9.47 Å². The average molecular weight is 478 g/mol. The van der Waals surface area contributed by atoms with Crippen LogP contribution in [0.4, 0.5) is 18.0 Å². The van der Waals surface area contributed by atoms with Crippen LogP contribution >= 0.6 is 11.8 Å². The Labute approximate surface area is 193 Å². The third kappa shape index (κ3) is 4.57. The Morgan fingerprint density at radius 1 is 1.12 bits per heavy atom. The van der Waals surface area contributed by atoms with Gasteiger partial charge in [0.15, 0.2) is 0 Å². The lowest BCUT2D eigenvalue weighted by molar-refractivity contribution is -0.137. The van der Waals surface area contributed by atoms with Crippen LogP contribution in [0.25, 0.3) is 11.8 Å². The molecule has 2 saturated heterocycles. The van der Waals surface area contributed by atoms with Gasteiger partial charge in [0.25, 0.3) is 11.1 Å². The molecule has 0 atom stereocenters. The van der Waals surface area contributed by atoms with Crippen molar-refractivity contribution in [2.45, 2.75) is 32.9 Å². The van der Waals surface area contributed by atoms with Crippen molar-refractivity contribution in [3.05, 3.63) is 57.8 Å². The normalized spacial score (nSPS) is 18.2. The number of halogens is 3. The zero-order valence-electron chi connectivity index (χ0n) is 18.1. The molecule has 0 radical (unpaired) electrons. The Bertz CT molecular complexity index is 1160. The number of aromatic nitrogens is 1. The molecule has 0 bridgehead atoms. The fourth-order valence-corrected chi connectivity index (χ4v) is 4.96. The highest BCUT2D eigenvalue weighted by molar-refractivity contribution is 8.18. The van der Waals surface area contributed by atoms with Crippen LogP contribution in [-0.2, 0) is 15.8 Å². The monoisotopic (exact) mass is 477 g/mol. The van der Waals surface area contributed by atoms with Crippen molar-refractivity contribution in [2.75, 3.05) is 19.6 Å². The number of thioether (sulfide) groups is 1. The Balaban J connectivity index is 1.59. The van der Waals surface area contributed by atoms with Gasteiger partial charge in [0.1, 0.15) is 6.54 Å². The number of likely N-dealkylation sites (tertiary alicyclic amines) is 1. The van der Waals surface area contributed by atoms with Gasteiger partial charge in [0.2, 0.25) is 5.91 Å². The third-order valence-corrected chi connectivity index (χ3v) is 6.72. The summed E-state index contributed by atoms with van der Waals surface area (Å²) in [7, 11) is 0. The molecule has 0 N–H and O–H groups in total. The lowest BCUT2D eigenvalue weighted by Crippen LogP contribution is -2.40. The molecule has 3 heterocycles. The molecule has 174 valence electrons. The smallest absolute Gasteiger partial charge is 0.341 e. The van der Waals surface area contributed by atoms with Crippen molar-refractivity contribution in [3.63, 3.8) is 0 Å². The maximum absolute atomic E-state index is 13.1. The SMILES string of the molecule is Cc1cc(/C=C2\SC(=O)N(CC(=O)N3CCCC3)C2=O)c(C)n1-c1cccc(C(F)(F)F)c1. The number of alkyl halides is 3. The molecule has 0 spiro atoms. The van der Waals surface area contributed by atoms with Crippen LogP contribution in [0.5, 0.6) is 0 Å². The first kappa shape index (κ1) is 23.2. The predicted molar refractivity (Wildman–Crippen MR) is 119 cm³/mol. The van der Waals surface area contributed by atoms with Crippen molar-refractivity contribution in [1.82, 2.24) is 14.4 Å². The predicted octanol–water partition coefficient (Wildman–Crippen LogP) is 4.77. The second-order valence-electron chi connectivity index (χ2n) is 8.07. The summed E-state index contributed by atoms with van der Waals surface area (Å²) in [6.45, 7) is 4.47. The second kappa shape index (κ2) is 8.74. The van der Waals surface area contributed by atoms with Crippen LogP contribution in [0.1, 0.15) is 35.4 Å². The first-order valence-electron chi connectivity index (χ1n) is 10.5. The van der Waals surface area contributed by atoms with Crippen LogP contribution in [0, 0.1) is 13.8 Å². The van der Waals surface area contributed by atoms with Crippen molar-refractivity contribution < 1.29 is 27.6 Å². The Kier molecular flexibility index (Phi) is 6.13. The number of carbonyl (C=O) groups is 3. The number of rotatable bonds is 4. The Hall–Kier alpha value is -3.01. The average Bonchev–Trinajstić information content (AvgIpc) is 3.44. The summed E-state index contributed by atoms with van der Waals surface area (Å²) in [6.07, 6.45) is -1.08. The van der Waals surface area contributed by atoms with E-state index in [1.165, 1.54) is 6.07 Å². The summed E-state index contributed by atoms with van der Waals surface area (Å²) in [5.41, 5.74) is 1.52. The van der Waals surface area contributed by atoms with E-state index in [0.29, 0.717) is 35.7 Å². The van der Waals surface area contributed by atoms with E-state index in [2.05, 4.69) is 0 Å². The molecule has 4 rings (SSSR count). The highest BCUT2D eigenvalue weighted by atomic mass is 32.2. The van der Waals surface area contributed by atoms with Crippen molar-refractivity contribution in [2.24, 2.45) is 0 Å². The zero-order chi connectivity index (χ0) is 23.9. The summed E-state index contributed by atoms with van der Waals surface area (Å²) in [5.74, 6) is -0.791. The van der Waals surface area contributed by atoms with Gasteiger partial charge in [0, 0.05) is 30.2 Å². The summed E-state index contributed by atoms with van der Waals surface area (Å²) in [4.78, 5) is 40.4. The van der Waals surface area contributed by atoms with E-state index in [-0.39, 0.29) is 17.4 Å². The van der Waals surface area contributed by atoms with Gasteiger partial charge in [-0.2, -0.15) is 13.2 Å². The number of hydrogen-bond acceptors (Lipinski definition) is 4. The summed E-state index contributed by atoms with van der Waals surface area (Å²) >= 11 is 0.756. The fraction of sp³-hybridized carbons (Fsp3) is 0.348. The van der Waals surface area contributed by atoms with Gasteiger partial charge in [-0.1, -0.05) is 6.07 Å². The largest absolute Gasteiger partial charge is 0.416 e. The van der Waals surface area contributed by atoms with Crippen molar-refractivity contribution >= 4 is 34.9 Å². The van der Waals surface area contributed by atoms with E-state index < -0.39 is 22.9 Å². The van der Waals surface area contributed by atoms with Gasteiger partial charge in [-0.3, -0.25) is 19.3 Å². The van der Waals surface area contributed by atoms with E-state index in [9.17, 15) is 27.6 Å². The molecule has 6 nitrogen and oxygen atoms in total. The molecule has 0 unspecified atom stereocenters. The van der Waals surface area contributed by atoms with Crippen LogP contribution in [-0.4, -0.2) is 51.1 Å². The molecule has 1 aromatic carbocycles. The molecule has 33 heavy (non-hydrogen) atoms. The molecule has 2 aliphatic rings. The molecule has 0 aliphatic carbocycles. The number of aryl methyl sites for hydroxylation is 1. The molecule has 2 aromatic rings. The lowest BCUT2D eigenvalue weighted by atomic mass is 10.2. The van der Waals surface area contributed by atoms with Crippen LogP contribution in [0.15, 0.2) is 35.2 Å². The quantitative estimate of drug-likeness (QED) is 0.595. The van der Waals surface area contributed by atoms with Crippen molar-refractivity contribution in [1.29, 1.82) is 0 Å². The first-order valence-corrected chi connectivity index (χ1v) is 11.3. The van der Waals surface area contributed by atoms with E-state index in [1.807, 2.05) is 0 Å². The van der Waals surface area contributed by atoms with E-state index >= 15 is 0 Å². The minimum atomic E-state index is -4.46. The molecular formula is C23H22F3N3O3S. The molecule has 2 aliphatic heterocycles. The number of benzene rings is 1. The standard InChI is InChI=1S/C23H22F3N3O3S/c1-14-10-16(15(2)29(14)18-7-5-6-17(12-18)23(24,25)26)11-19-21(31)28(22(32)33-19)13-20(30)27-8-3-4-9-27/h5-7,10-12H,3-4,8-9,13H2,1-2H3/b19-11-. The van der Waals surface area contributed by atoms with Gasteiger partial charge in [-0.05, 0) is 74.4 Å². The minimum Gasteiger partial charge on any atom is -0.341 e. The minimum absolute atomic E-state index is 0.179. The third-order valence-electron chi connectivity index (χ3n) is 5.81. The fourth-order valence-electron chi connectivity index (χ4n) is 4.13. The maximum atomic E-state index is 13.1. The number of nitrogens with zero attached hydrogens (tertiary/aromatic N) is 3. The van der Waals surface area contributed by atoms with Crippen LogP contribution < -0.4 is 0 Å². The lowest BCUT2D eigenvalue weighted by Gasteiger charge is -2.18. The molecule has 1 aromatic heterocycles. The zero-order valence-corrected chi connectivity index (χ0v) is 18.9. The highest BCUT2D eigenvalue weighted by Crippen LogP contribution is 2.35.